The molecule has 24 heteroatoms. The second kappa shape index (κ2) is 52.7. The summed E-state index contributed by atoms with van der Waals surface area (Å²) in [5.41, 5.74) is -4.24. The first kappa shape index (κ1) is 99.5. The van der Waals surface area contributed by atoms with Crippen molar-refractivity contribution < 1.29 is 42.8 Å². The van der Waals surface area contributed by atoms with Crippen molar-refractivity contribution >= 4 is 83.1 Å². The van der Waals surface area contributed by atoms with E-state index < -0.39 is 51.1 Å². The minimum Gasteiger partial charge on any atom is -0.492 e. The van der Waals surface area contributed by atoms with E-state index in [1.54, 1.807) is 0 Å². The lowest BCUT2D eigenvalue weighted by atomic mass is 10.1. The maximum Gasteiger partial charge on any atom is 0.259 e. The molecule has 123 heavy (non-hydrogen) atoms. The van der Waals surface area contributed by atoms with Gasteiger partial charge in [0.2, 0.25) is 0 Å². The summed E-state index contributed by atoms with van der Waals surface area (Å²) in [6.45, 7) is 32.4. The lowest BCUT2D eigenvalue weighted by Crippen LogP contribution is -2.24. The van der Waals surface area contributed by atoms with Crippen molar-refractivity contribution in [2.75, 3.05) is 59.3 Å². The summed E-state index contributed by atoms with van der Waals surface area (Å²) in [5.74, 6) is -1.14. The number of rotatable bonds is 48. The molecule has 0 aliphatic rings. The molecule has 0 radical (unpaired) electrons. The Morgan fingerprint density at radius 1 is 0.244 bits per heavy atom. The number of hydrogen-bond acceptors (Lipinski definition) is 15. The van der Waals surface area contributed by atoms with E-state index in [-0.39, 0.29) is 192 Å². The topological polar surface area (TPSA) is 340 Å². The summed E-state index contributed by atoms with van der Waals surface area (Å²) in [4.78, 5) is 156. The van der Waals surface area contributed by atoms with Gasteiger partial charge < -0.3 is 74.3 Å². The molecule has 3 amide bonds. The molecule has 1 heterocycles. The Morgan fingerprint density at radius 2 is 0.415 bits per heavy atom. The first-order valence-electron chi connectivity index (χ1n) is 45.7. The molecule has 7 aromatic rings. The van der Waals surface area contributed by atoms with Crippen LogP contribution < -0.4 is 77.7 Å². The second-order valence-corrected chi connectivity index (χ2v) is 33.7. The number of unbranched alkanes of at least 4 members (excludes halogenated alkanes) is 15. The van der Waals surface area contributed by atoms with Crippen LogP contribution in [0.25, 0.3) is 65.4 Å². The molecule has 24 nitrogen and oxygen atoms in total. The van der Waals surface area contributed by atoms with E-state index in [0.717, 1.165) is 135 Å². The van der Waals surface area contributed by atoms with E-state index >= 15 is 28.8 Å². The van der Waals surface area contributed by atoms with Crippen LogP contribution in [0.2, 0.25) is 0 Å². The monoisotopic (exact) mass is 1700 g/mol. The summed E-state index contributed by atoms with van der Waals surface area (Å²) < 4.78 is 39.3. The number of aromatic amines is 6. The lowest BCUT2D eigenvalue weighted by molar-refractivity contribution is 0.0945. The molecule has 0 spiro atoms. The van der Waals surface area contributed by atoms with Gasteiger partial charge in [0, 0.05) is 87.6 Å². The van der Waals surface area contributed by atoms with Gasteiger partial charge in [-0.15, -0.1) is 0 Å². The van der Waals surface area contributed by atoms with Gasteiger partial charge in [-0.05, 0) is 128 Å². The number of benzene rings is 6. The Bertz CT molecular complexity index is 4590. The van der Waals surface area contributed by atoms with Crippen molar-refractivity contribution in [1.82, 2.24) is 45.9 Å². The zero-order valence-corrected chi connectivity index (χ0v) is 76.1. The van der Waals surface area contributed by atoms with E-state index in [1.807, 2.05) is 83.1 Å². The summed E-state index contributed by atoms with van der Waals surface area (Å²) in [7, 11) is 0. The van der Waals surface area contributed by atoms with Gasteiger partial charge >= 0.3 is 0 Å². The standard InChI is InChI=1S/C99H141N9O15/c1-16-25-28-31-34-37-40-100-91(109)70-43-73-49-74(44-70)104-95(113)80-53-82(88(121-61-67(13)22-7)56-86(80)119-59-65(11)20-5)97(115)106-76-46-72(93(111)102-42-39-36-33-30-27-18-3)48-78(51-76)108-99(117)84-54-83(89(122-62-68(14)23-8)57-90(84)123-63-69(15)24-9)98(116)107-77-47-71(92(110)101-41-38-35-32-29-26-17-2)45-75(50-77)105-96(114)81-52-79(94(112)103-73)85(118-58-64(10)19-4)55-87(81)120-60-66(12)21-6/h43-57,64-69H,16-42,58-63H2,1-15H3,(H,100,109)(H,101,110)(H,102,111)(H,103,112)(H,104,113)(H,105,114)(H,106,115)(H,107,116)(H,108,117)/t64-,65-,66-,67-,68-,69-/m0/s1. The molecule has 6 atom stereocenters. The highest BCUT2D eigenvalue weighted by Gasteiger charge is 2.20. The number of fused-ring (bicyclic) bond motifs is 12. The van der Waals surface area contributed by atoms with Crippen LogP contribution in [0.5, 0.6) is 34.5 Å². The number of carbonyl (C=O) groups is 3. The van der Waals surface area contributed by atoms with E-state index in [4.69, 9.17) is 28.4 Å². The largest absolute Gasteiger partial charge is 0.492 e. The van der Waals surface area contributed by atoms with Crippen molar-refractivity contribution in [3.8, 4) is 34.5 Å². The third-order valence-corrected chi connectivity index (χ3v) is 22.6. The number of H-pyrrole nitrogens is 6. The van der Waals surface area contributed by atoms with Gasteiger partial charge in [-0.1, -0.05) is 239 Å². The minimum absolute atomic E-state index is 0.000692. The third kappa shape index (κ3) is 32.5. The molecule has 672 valence electrons. The Hall–Kier alpha value is -10.7. The molecule has 9 N–H and O–H groups in total. The molecular weight excluding hydrogens is 1560 g/mol. The smallest absolute Gasteiger partial charge is 0.259 e. The van der Waals surface area contributed by atoms with Crippen LogP contribution in [-0.4, -0.2) is 107 Å². The molecule has 0 unspecified atom stereocenters. The number of aromatic nitrogens is 6. The maximum absolute atomic E-state index is 15.6. The van der Waals surface area contributed by atoms with Gasteiger partial charge in [-0.3, -0.25) is 43.2 Å². The van der Waals surface area contributed by atoms with Crippen molar-refractivity contribution in [2.45, 2.75) is 258 Å². The molecule has 0 aliphatic carbocycles. The molecule has 0 aliphatic heterocycles. The molecular formula is C99H141N9O15. The first-order valence-corrected chi connectivity index (χ1v) is 45.7. The van der Waals surface area contributed by atoms with Gasteiger partial charge in [-0.2, -0.15) is 0 Å². The van der Waals surface area contributed by atoms with Crippen LogP contribution in [0.1, 0.15) is 289 Å². The zero-order valence-electron chi connectivity index (χ0n) is 76.1. The van der Waals surface area contributed by atoms with Crippen molar-refractivity contribution in [3.05, 3.63) is 170 Å². The van der Waals surface area contributed by atoms with Crippen LogP contribution in [-0.2, 0) is 0 Å². The quantitative estimate of drug-likeness (QED) is 0.0160. The molecule has 12 bridgehead atoms. The van der Waals surface area contributed by atoms with Gasteiger partial charge in [0.1, 0.15) is 34.5 Å². The van der Waals surface area contributed by atoms with E-state index in [2.05, 4.69) is 66.6 Å². The Morgan fingerprint density at radius 3 is 0.585 bits per heavy atom. The average Bonchev–Trinajstić information content (AvgIpc) is 0.800. The Labute approximate surface area is 725 Å². The summed E-state index contributed by atoms with van der Waals surface area (Å²) in [6.07, 6.45) is 21.8. The van der Waals surface area contributed by atoms with Gasteiger partial charge in [-0.25, -0.2) is 0 Å². The number of carbonyl (C=O) groups excluding carboxylic acids is 3. The highest BCUT2D eigenvalue weighted by Crippen LogP contribution is 2.33. The number of ether oxygens (including phenoxy) is 6. The maximum atomic E-state index is 15.6. The highest BCUT2D eigenvalue weighted by molar-refractivity contribution is 5.98. The van der Waals surface area contributed by atoms with Crippen LogP contribution in [0.4, 0.5) is 0 Å². The minimum atomic E-state index is -0.786. The molecule has 6 aromatic carbocycles. The van der Waals surface area contributed by atoms with Gasteiger partial charge in [0.25, 0.3) is 51.1 Å². The number of hydrogen-bond donors (Lipinski definition) is 9. The first-order chi connectivity index (χ1) is 59.2. The predicted octanol–water partition coefficient (Wildman–Crippen LogP) is 20.6. The number of amides is 3. The highest BCUT2D eigenvalue weighted by atomic mass is 16.5. The molecule has 7 rings (SSSR count). The fraction of sp³-hybridized carbons (Fsp3) is 0.545. The van der Waals surface area contributed by atoms with Crippen molar-refractivity contribution in [1.29, 1.82) is 0 Å². The summed E-state index contributed by atoms with van der Waals surface area (Å²) in [6, 6.07) is 21.9. The number of nitrogens with one attached hydrogen (secondary N) is 9. The molecule has 0 saturated heterocycles. The SMILES string of the molecule is CCCCCCCCNC(=O)c1cc2cc(c1)[nH]c(=O)c1cc(c(OC[C@@H](C)CC)cc1OC[C@@H](C)CC)c(=O)[nH]c1cc(C(=O)NCCCCCCCC)cc(c1)[nH]c(=O)c1cc(c(OC[C@@H](C)CC)cc1OC[C@@H](C)CC)c(=O)[nH]c1cc(C(=O)NCCCCCCCC)cc(c1)[nH]c(=O)c1cc(c(OC[C@@H](C)CC)cc1OC[C@@H](C)CC)c(=O)[nH]2. The van der Waals surface area contributed by atoms with Crippen LogP contribution in [0.3, 0.4) is 0 Å². The van der Waals surface area contributed by atoms with Crippen LogP contribution >= 0.6 is 0 Å². The van der Waals surface area contributed by atoms with Crippen LogP contribution in [0, 0.1) is 35.5 Å². The Kier molecular flexibility index (Phi) is 42.6. The third-order valence-electron chi connectivity index (χ3n) is 22.6. The molecule has 0 saturated carbocycles. The molecule has 0 fully saturated rings. The lowest BCUT2D eigenvalue weighted by Gasteiger charge is -2.15. The Balaban J connectivity index is 1.80. The van der Waals surface area contributed by atoms with Crippen molar-refractivity contribution in [2.24, 2.45) is 35.5 Å². The second-order valence-electron chi connectivity index (χ2n) is 33.7. The van der Waals surface area contributed by atoms with Crippen LogP contribution in [0.15, 0.2) is 120 Å². The predicted molar refractivity (Wildman–Crippen MR) is 501 cm³/mol. The summed E-state index contributed by atoms with van der Waals surface area (Å²) in [5, 5.41) is 8.40. The van der Waals surface area contributed by atoms with Gasteiger partial charge in [0.15, 0.2) is 0 Å². The zero-order chi connectivity index (χ0) is 89.3. The fourth-order valence-electron chi connectivity index (χ4n) is 13.1. The summed E-state index contributed by atoms with van der Waals surface area (Å²) >= 11 is 0. The van der Waals surface area contributed by atoms with Gasteiger partial charge in [0.05, 0.1) is 72.0 Å². The average molecular weight is 1700 g/mol. The van der Waals surface area contributed by atoms with E-state index in [9.17, 15) is 14.4 Å². The fourth-order valence-corrected chi connectivity index (χ4v) is 13.1. The van der Waals surface area contributed by atoms with Crippen molar-refractivity contribution in [3.63, 3.8) is 0 Å². The van der Waals surface area contributed by atoms with E-state index in [1.165, 1.54) is 91.0 Å². The van der Waals surface area contributed by atoms with E-state index in [0.29, 0.717) is 38.9 Å². The normalized spacial score (nSPS) is 12.7. The molecule has 1 aromatic heterocycles.